The molecule has 0 heterocycles. The first-order valence-corrected chi connectivity index (χ1v) is 7.83. The summed E-state index contributed by atoms with van der Waals surface area (Å²) >= 11 is 0. The lowest BCUT2D eigenvalue weighted by Gasteiger charge is -2.32. The van der Waals surface area contributed by atoms with Crippen molar-refractivity contribution < 1.29 is 26.9 Å². The quantitative estimate of drug-likeness (QED) is 0.812. The van der Waals surface area contributed by atoms with Crippen molar-refractivity contribution >= 4 is 17.0 Å². The summed E-state index contributed by atoms with van der Waals surface area (Å²) in [5, 5.41) is 0. The Balaban J connectivity index is 3.15. The van der Waals surface area contributed by atoms with E-state index < -0.39 is 35.1 Å². The number of hydrogen-bond donors (Lipinski definition) is 1. The van der Waals surface area contributed by atoms with Crippen molar-refractivity contribution in [3.05, 3.63) is 29.8 Å². The lowest BCUT2D eigenvalue weighted by atomic mass is 9.97. The Bertz CT molecular complexity index is 545. The van der Waals surface area contributed by atoms with Crippen molar-refractivity contribution in [1.82, 2.24) is 4.72 Å². The maximum absolute atomic E-state index is 13.4. The van der Waals surface area contributed by atoms with Gasteiger partial charge in [-0.25, -0.2) is 13.7 Å². The highest BCUT2D eigenvalue weighted by Crippen LogP contribution is 2.35. The molecule has 1 aromatic rings. The molecule has 124 valence electrons. The van der Waals surface area contributed by atoms with Crippen LogP contribution in [0.1, 0.15) is 25.8 Å². The number of aryl methyl sites for hydroxylation is 1. The third-order valence-corrected chi connectivity index (χ3v) is 4.37. The van der Waals surface area contributed by atoms with Gasteiger partial charge in [0, 0.05) is 0 Å². The Morgan fingerprint density at radius 2 is 1.77 bits per heavy atom. The van der Waals surface area contributed by atoms with Crippen LogP contribution in [0, 0.1) is 6.92 Å². The fourth-order valence-electron chi connectivity index (χ4n) is 1.77. The summed E-state index contributed by atoms with van der Waals surface area (Å²) in [6, 6.07) is 6.14. The Morgan fingerprint density at radius 1 is 1.23 bits per heavy atom. The van der Waals surface area contributed by atoms with Crippen LogP contribution in [0.25, 0.3) is 0 Å². The molecule has 0 bridgehead atoms. The number of alkyl halides is 3. The normalized spacial score (nSPS) is 15.9. The van der Waals surface area contributed by atoms with Gasteiger partial charge in [0.25, 0.3) is 0 Å². The second-order valence-electron chi connectivity index (χ2n) is 4.66. The van der Waals surface area contributed by atoms with Gasteiger partial charge in [-0.05, 0) is 32.4 Å². The molecule has 0 saturated carbocycles. The Labute approximate surface area is 129 Å². The summed E-state index contributed by atoms with van der Waals surface area (Å²) in [5.41, 5.74) is -2.12. The predicted molar refractivity (Wildman–Crippen MR) is 76.4 cm³/mol. The average molecular weight is 337 g/mol. The van der Waals surface area contributed by atoms with Gasteiger partial charge in [0.15, 0.2) is 0 Å². The van der Waals surface area contributed by atoms with E-state index in [0.29, 0.717) is 0 Å². The van der Waals surface area contributed by atoms with Crippen molar-refractivity contribution in [2.24, 2.45) is 0 Å². The Hall–Kier alpha value is -1.41. The third-order valence-electron chi connectivity index (χ3n) is 3.14. The SMILES string of the molecule is CCOC(=O)[C@@](CC)(N[S@@](=O)c1ccc(C)cc1)C(F)(F)F. The van der Waals surface area contributed by atoms with Crippen molar-refractivity contribution in [3.63, 3.8) is 0 Å². The molecule has 0 radical (unpaired) electrons. The number of esters is 1. The zero-order chi connectivity index (χ0) is 17.0. The minimum Gasteiger partial charge on any atom is -0.464 e. The minimum absolute atomic E-state index is 0.150. The van der Waals surface area contributed by atoms with Crippen LogP contribution in [0.3, 0.4) is 0 Å². The molecule has 22 heavy (non-hydrogen) atoms. The predicted octanol–water partition coefficient (Wildman–Crippen LogP) is 2.88. The average Bonchev–Trinajstić information content (AvgIpc) is 2.44. The molecule has 0 aliphatic heterocycles. The topological polar surface area (TPSA) is 55.4 Å². The van der Waals surface area contributed by atoms with Gasteiger partial charge in [0.2, 0.25) is 5.54 Å². The van der Waals surface area contributed by atoms with Gasteiger partial charge in [-0.2, -0.15) is 13.2 Å². The molecule has 1 aromatic carbocycles. The van der Waals surface area contributed by atoms with Gasteiger partial charge in [-0.15, -0.1) is 0 Å². The largest absolute Gasteiger partial charge is 0.464 e. The van der Waals surface area contributed by atoms with Gasteiger partial charge in [0.1, 0.15) is 11.0 Å². The van der Waals surface area contributed by atoms with Gasteiger partial charge in [-0.1, -0.05) is 24.6 Å². The van der Waals surface area contributed by atoms with Gasteiger partial charge in [0.05, 0.1) is 11.5 Å². The van der Waals surface area contributed by atoms with E-state index in [1.807, 2.05) is 4.72 Å². The highest BCUT2D eigenvalue weighted by atomic mass is 32.2. The van der Waals surface area contributed by atoms with Crippen LogP contribution in [0.2, 0.25) is 0 Å². The zero-order valence-electron chi connectivity index (χ0n) is 12.5. The van der Waals surface area contributed by atoms with Crippen LogP contribution >= 0.6 is 0 Å². The number of ether oxygens (including phenoxy) is 1. The summed E-state index contributed by atoms with van der Waals surface area (Å²) in [6.07, 6.45) is -5.57. The molecule has 0 unspecified atom stereocenters. The zero-order valence-corrected chi connectivity index (χ0v) is 13.3. The van der Waals surface area contributed by atoms with Crippen molar-refractivity contribution in [2.75, 3.05) is 6.61 Å². The molecule has 0 aromatic heterocycles. The molecule has 0 saturated heterocycles. The number of nitrogens with one attached hydrogen (secondary N) is 1. The van der Waals surface area contributed by atoms with Crippen LogP contribution in [-0.2, 0) is 20.5 Å². The van der Waals surface area contributed by atoms with Crippen LogP contribution in [0.4, 0.5) is 13.2 Å². The standard InChI is InChI=1S/C14H18F3NO3S/c1-4-13(14(15,16)17,12(19)21-5-2)18-22(20)11-8-6-10(3)7-9-11/h6-9,18H,4-5H2,1-3H3/t13-,22+/m1/s1. The molecule has 0 amide bonds. The summed E-state index contributed by atoms with van der Waals surface area (Å²) < 4.78 is 58.8. The smallest absolute Gasteiger partial charge is 0.418 e. The molecule has 1 rings (SSSR count). The summed E-state index contributed by atoms with van der Waals surface area (Å²) in [4.78, 5) is 12.0. The maximum atomic E-state index is 13.4. The van der Waals surface area contributed by atoms with E-state index in [2.05, 4.69) is 4.74 Å². The summed E-state index contributed by atoms with van der Waals surface area (Å²) in [6.45, 7) is 4.19. The van der Waals surface area contributed by atoms with E-state index in [9.17, 15) is 22.2 Å². The third kappa shape index (κ3) is 3.86. The minimum atomic E-state index is -4.94. The number of halogens is 3. The summed E-state index contributed by atoms with van der Waals surface area (Å²) in [7, 11) is -2.20. The monoisotopic (exact) mass is 337 g/mol. The van der Waals surface area contributed by atoms with Gasteiger partial charge in [-0.3, -0.25) is 0 Å². The van der Waals surface area contributed by atoms with Crippen LogP contribution in [0.15, 0.2) is 29.2 Å². The number of benzene rings is 1. The van der Waals surface area contributed by atoms with E-state index in [4.69, 9.17) is 0 Å². The highest BCUT2D eigenvalue weighted by Gasteiger charge is 2.61. The van der Waals surface area contributed by atoms with Gasteiger partial charge < -0.3 is 4.74 Å². The van der Waals surface area contributed by atoms with E-state index in [0.717, 1.165) is 5.56 Å². The molecule has 8 heteroatoms. The molecule has 4 nitrogen and oxygen atoms in total. The molecule has 0 aliphatic carbocycles. The lowest BCUT2D eigenvalue weighted by Crippen LogP contribution is -2.63. The van der Waals surface area contributed by atoms with Crippen molar-refractivity contribution in [3.8, 4) is 0 Å². The number of carbonyl (C=O) groups is 1. The molecule has 0 aliphatic rings. The van der Waals surface area contributed by atoms with Crippen molar-refractivity contribution in [1.29, 1.82) is 0 Å². The van der Waals surface area contributed by atoms with Crippen molar-refractivity contribution in [2.45, 2.75) is 43.8 Å². The highest BCUT2D eigenvalue weighted by molar-refractivity contribution is 7.83. The molecular weight excluding hydrogens is 319 g/mol. The van der Waals surface area contributed by atoms with Crippen LogP contribution in [0.5, 0.6) is 0 Å². The number of rotatable bonds is 6. The fourth-order valence-corrected chi connectivity index (χ4v) is 2.93. The van der Waals surface area contributed by atoms with Crippen LogP contribution in [-0.4, -0.2) is 28.5 Å². The van der Waals surface area contributed by atoms with Crippen LogP contribution < -0.4 is 4.72 Å². The number of carbonyl (C=O) groups excluding carboxylic acids is 1. The Kier molecular flexibility index (Phi) is 6.13. The Morgan fingerprint density at radius 3 is 2.18 bits per heavy atom. The number of hydrogen-bond acceptors (Lipinski definition) is 3. The first-order chi connectivity index (χ1) is 10.2. The second-order valence-corrected chi connectivity index (χ2v) is 5.87. The van der Waals surface area contributed by atoms with E-state index in [-0.39, 0.29) is 11.5 Å². The first kappa shape index (κ1) is 18.6. The molecule has 0 fully saturated rings. The maximum Gasteiger partial charge on any atom is 0.418 e. The molecule has 2 atom stereocenters. The summed E-state index contributed by atoms with van der Waals surface area (Å²) in [5.74, 6) is -1.48. The molecule has 1 N–H and O–H groups in total. The first-order valence-electron chi connectivity index (χ1n) is 6.68. The molecule has 0 spiro atoms. The molecular formula is C14H18F3NO3S. The van der Waals surface area contributed by atoms with E-state index in [1.54, 1.807) is 19.1 Å². The lowest BCUT2D eigenvalue weighted by molar-refractivity contribution is -0.209. The second kappa shape index (κ2) is 7.23. The fraction of sp³-hybridized carbons (Fsp3) is 0.500. The van der Waals surface area contributed by atoms with E-state index in [1.165, 1.54) is 26.0 Å². The van der Waals surface area contributed by atoms with E-state index >= 15 is 0 Å². The van der Waals surface area contributed by atoms with Gasteiger partial charge >= 0.3 is 12.1 Å².